The summed E-state index contributed by atoms with van der Waals surface area (Å²) in [4.78, 5) is 11.1. The van der Waals surface area contributed by atoms with Crippen molar-refractivity contribution in [2.75, 3.05) is 6.54 Å². The second-order valence-electron chi connectivity index (χ2n) is 5.87. The second kappa shape index (κ2) is 8.80. The Kier molecular flexibility index (Phi) is 7.40. The zero-order chi connectivity index (χ0) is 15.8. The van der Waals surface area contributed by atoms with Crippen molar-refractivity contribution in [3.8, 4) is 0 Å². The fraction of sp³-hybridized carbons (Fsp3) is 0.588. The van der Waals surface area contributed by atoms with Gasteiger partial charge in [-0.25, -0.2) is 0 Å². The molecule has 118 valence electrons. The number of aryl methyl sites for hydroxylation is 1. The molecule has 0 radical (unpaired) electrons. The van der Waals surface area contributed by atoms with Gasteiger partial charge in [0.25, 0.3) is 0 Å². The molecule has 2 atom stereocenters. The molecule has 0 heterocycles. The molecule has 21 heavy (non-hydrogen) atoms. The minimum Gasteiger partial charge on any atom is -0.480 e. The summed E-state index contributed by atoms with van der Waals surface area (Å²) in [5.41, 5.74) is 2.12. The quantitative estimate of drug-likeness (QED) is 0.655. The zero-order valence-electron chi connectivity index (χ0n) is 13.2. The summed E-state index contributed by atoms with van der Waals surface area (Å²) in [6, 6.07) is 7.37. The molecular formula is C17H27NO3. The van der Waals surface area contributed by atoms with E-state index >= 15 is 0 Å². The Hall–Kier alpha value is -1.39. The minimum atomic E-state index is -0.828. The van der Waals surface area contributed by atoms with Crippen molar-refractivity contribution in [3.05, 3.63) is 35.4 Å². The van der Waals surface area contributed by atoms with Crippen molar-refractivity contribution in [2.45, 2.75) is 52.2 Å². The van der Waals surface area contributed by atoms with Crippen LogP contribution >= 0.6 is 0 Å². The summed E-state index contributed by atoms with van der Waals surface area (Å²) >= 11 is 0. The van der Waals surface area contributed by atoms with Gasteiger partial charge in [0.2, 0.25) is 0 Å². The molecule has 0 fully saturated rings. The largest absolute Gasteiger partial charge is 0.480 e. The maximum atomic E-state index is 11.1. The van der Waals surface area contributed by atoms with Crippen LogP contribution < -0.4 is 5.32 Å². The van der Waals surface area contributed by atoms with Crippen molar-refractivity contribution < 1.29 is 15.0 Å². The molecule has 0 saturated carbocycles. The number of carboxylic acids is 1. The first-order chi connectivity index (χ1) is 9.93. The molecule has 0 aliphatic heterocycles. The monoisotopic (exact) mass is 293 g/mol. The Balaban J connectivity index is 2.44. The molecule has 1 aromatic carbocycles. The van der Waals surface area contributed by atoms with Crippen molar-refractivity contribution in [1.82, 2.24) is 5.32 Å². The summed E-state index contributed by atoms with van der Waals surface area (Å²) in [7, 11) is 0. The third-order valence-electron chi connectivity index (χ3n) is 3.59. The number of carboxylic acid groups (broad SMARTS) is 1. The molecule has 0 aromatic heterocycles. The molecule has 3 N–H and O–H groups in total. The van der Waals surface area contributed by atoms with Gasteiger partial charge in [-0.05, 0) is 42.9 Å². The van der Waals surface area contributed by atoms with E-state index in [-0.39, 0.29) is 0 Å². The van der Waals surface area contributed by atoms with Crippen LogP contribution in [0.4, 0.5) is 0 Å². The molecular weight excluding hydrogens is 266 g/mol. The molecule has 0 saturated heterocycles. The van der Waals surface area contributed by atoms with Gasteiger partial charge in [0.05, 0.1) is 6.10 Å². The van der Waals surface area contributed by atoms with Crippen LogP contribution in [0.3, 0.4) is 0 Å². The van der Waals surface area contributed by atoms with Gasteiger partial charge in [0, 0.05) is 0 Å². The van der Waals surface area contributed by atoms with E-state index < -0.39 is 18.1 Å². The highest BCUT2D eigenvalue weighted by atomic mass is 16.4. The number of hydrogen-bond acceptors (Lipinski definition) is 3. The summed E-state index contributed by atoms with van der Waals surface area (Å²) in [6.45, 7) is 6.58. The predicted octanol–water partition coefficient (Wildman–Crippen LogP) is 2.76. The Bertz CT molecular complexity index is 428. The van der Waals surface area contributed by atoms with E-state index in [0.29, 0.717) is 25.3 Å². The normalized spacial score (nSPS) is 14.1. The number of hydrogen-bond donors (Lipinski definition) is 3. The molecule has 1 rings (SSSR count). The smallest absolute Gasteiger partial charge is 0.320 e. The van der Waals surface area contributed by atoms with Gasteiger partial charge in [0.15, 0.2) is 0 Å². The molecule has 0 aliphatic carbocycles. The number of rotatable bonds is 9. The van der Waals surface area contributed by atoms with Crippen LogP contribution in [0.25, 0.3) is 0 Å². The van der Waals surface area contributed by atoms with Crippen molar-refractivity contribution in [3.63, 3.8) is 0 Å². The second-order valence-corrected chi connectivity index (χ2v) is 5.87. The summed E-state index contributed by atoms with van der Waals surface area (Å²) in [5.74, 6) is -0.504. The molecule has 4 heteroatoms. The number of nitrogens with one attached hydrogen (secondary N) is 1. The predicted molar refractivity (Wildman–Crippen MR) is 84.3 cm³/mol. The molecule has 0 aliphatic rings. The number of aliphatic hydroxyl groups excluding tert-OH is 1. The van der Waals surface area contributed by atoms with E-state index in [2.05, 4.69) is 12.2 Å². The number of aliphatic carboxylic acids is 1. The van der Waals surface area contributed by atoms with Crippen LogP contribution in [0.1, 0.15) is 50.8 Å². The summed E-state index contributed by atoms with van der Waals surface area (Å²) < 4.78 is 0. The zero-order valence-corrected chi connectivity index (χ0v) is 13.2. The molecule has 0 spiro atoms. The third kappa shape index (κ3) is 6.27. The van der Waals surface area contributed by atoms with Crippen LogP contribution in [0, 0.1) is 5.92 Å². The van der Waals surface area contributed by atoms with Crippen LogP contribution in [0.2, 0.25) is 0 Å². The van der Waals surface area contributed by atoms with E-state index in [4.69, 9.17) is 5.11 Å². The Morgan fingerprint density at radius 2 is 1.86 bits per heavy atom. The Morgan fingerprint density at radius 3 is 2.33 bits per heavy atom. The SMILES string of the molecule is CCc1ccc(C(O)CCNC(CC(C)C)C(=O)O)cc1. The van der Waals surface area contributed by atoms with Crippen molar-refractivity contribution in [1.29, 1.82) is 0 Å². The van der Waals surface area contributed by atoms with Gasteiger partial charge in [-0.1, -0.05) is 45.0 Å². The fourth-order valence-electron chi connectivity index (χ4n) is 2.28. The first-order valence-corrected chi connectivity index (χ1v) is 7.67. The Labute approximate surface area is 127 Å². The molecule has 4 nitrogen and oxygen atoms in total. The average Bonchev–Trinajstić information content (AvgIpc) is 2.45. The highest BCUT2D eigenvalue weighted by molar-refractivity contribution is 5.73. The van der Waals surface area contributed by atoms with Crippen LogP contribution in [-0.4, -0.2) is 28.8 Å². The van der Waals surface area contributed by atoms with Gasteiger partial charge in [-0.15, -0.1) is 0 Å². The van der Waals surface area contributed by atoms with E-state index in [0.717, 1.165) is 12.0 Å². The third-order valence-corrected chi connectivity index (χ3v) is 3.59. The molecule has 2 unspecified atom stereocenters. The number of carbonyl (C=O) groups is 1. The topological polar surface area (TPSA) is 69.6 Å². The minimum absolute atomic E-state index is 0.324. The summed E-state index contributed by atoms with van der Waals surface area (Å²) in [5, 5.41) is 22.3. The number of aliphatic hydroxyl groups is 1. The fourth-order valence-corrected chi connectivity index (χ4v) is 2.28. The maximum absolute atomic E-state index is 11.1. The highest BCUT2D eigenvalue weighted by Gasteiger charge is 2.18. The van der Waals surface area contributed by atoms with Crippen LogP contribution in [0.15, 0.2) is 24.3 Å². The van der Waals surface area contributed by atoms with Crippen molar-refractivity contribution in [2.24, 2.45) is 5.92 Å². The van der Waals surface area contributed by atoms with E-state index in [1.807, 2.05) is 38.1 Å². The standard InChI is InChI=1S/C17H27NO3/c1-4-13-5-7-14(8-6-13)16(19)9-10-18-15(17(20)21)11-12(2)3/h5-8,12,15-16,18-19H,4,9-11H2,1-3H3,(H,20,21). The lowest BCUT2D eigenvalue weighted by Crippen LogP contribution is -2.38. The number of benzene rings is 1. The van der Waals surface area contributed by atoms with Crippen molar-refractivity contribution >= 4 is 5.97 Å². The Morgan fingerprint density at radius 1 is 1.24 bits per heavy atom. The van der Waals surface area contributed by atoms with E-state index in [9.17, 15) is 9.90 Å². The highest BCUT2D eigenvalue weighted by Crippen LogP contribution is 2.17. The lowest BCUT2D eigenvalue weighted by molar-refractivity contribution is -0.139. The van der Waals surface area contributed by atoms with Gasteiger partial charge in [0.1, 0.15) is 6.04 Å². The first-order valence-electron chi connectivity index (χ1n) is 7.67. The van der Waals surface area contributed by atoms with Gasteiger partial charge < -0.3 is 15.5 Å². The average molecular weight is 293 g/mol. The molecule has 0 amide bonds. The lowest BCUT2D eigenvalue weighted by atomic mass is 10.0. The first kappa shape index (κ1) is 17.7. The molecule has 1 aromatic rings. The summed E-state index contributed by atoms with van der Waals surface area (Å²) in [6.07, 6.45) is 1.52. The van der Waals surface area contributed by atoms with Gasteiger partial charge in [-0.3, -0.25) is 4.79 Å². The van der Waals surface area contributed by atoms with E-state index in [1.165, 1.54) is 5.56 Å². The maximum Gasteiger partial charge on any atom is 0.320 e. The molecule has 0 bridgehead atoms. The van der Waals surface area contributed by atoms with Crippen LogP contribution in [-0.2, 0) is 11.2 Å². The van der Waals surface area contributed by atoms with Gasteiger partial charge in [-0.2, -0.15) is 0 Å². The lowest BCUT2D eigenvalue weighted by Gasteiger charge is -2.18. The van der Waals surface area contributed by atoms with Crippen LogP contribution in [0.5, 0.6) is 0 Å². The van der Waals surface area contributed by atoms with Gasteiger partial charge >= 0.3 is 5.97 Å². The van der Waals surface area contributed by atoms with E-state index in [1.54, 1.807) is 0 Å².